The van der Waals surface area contributed by atoms with Gasteiger partial charge in [-0.2, -0.15) is 5.10 Å². The van der Waals surface area contributed by atoms with Gasteiger partial charge in [-0.05, 0) is 24.8 Å². The van der Waals surface area contributed by atoms with Gasteiger partial charge in [-0.3, -0.25) is 9.48 Å². The molecule has 1 unspecified atom stereocenters. The summed E-state index contributed by atoms with van der Waals surface area (Å²) in [4.78, 5) is 12.2. The van der Waals surface area contributed by atoms with E-state index in [0.29, 0.717) is 6.42 Å². The Bertz CT molecular complexity index is 603. The number of hydrogen-bond acceptors (Lipinski definition) is 2. The van der Waals surface area contributed by atoms with Gasteiger partial charge in [-0.1, -0.05) is 30.3 Å². The van der Waals surface area contributed by atoms with Gasteiger partial charge in [0.1, 0.15) is 0 Å². The third-order valence-electron chi connectivity index (χ3n) is 3.92. The van der Waals surface area contributed by atoms with Crippen LogP contribution in [0.3, 0.4) is 0 Å². The Morgan fingerprint density at radius 1 is 1.40 bits per heavy atom. The molecule has 1 heterocycles. The number of rotatable bonds is 3. The lowest BCUT2D eigenvalue weighted by atomic mass is 9.93. The second-order valence-corrected chi connectivity index (χ2v) is 5.34. The van der Waals surface area contributed by atoms with E-state index in [4.69, 9.17) is 0 Å². The Labute approximate surface area is 118 Å². The quantitative estimate of drug-likeness (QED) is 0.928. The molecule has 0 radical (unpaired) electrons. The molecule has 0 aliphatic heterocycles. The van der Waals surface area contributed by atoms with Gasteiger partial charge in [0, 0.05) is 18.3 Å². The largest absolute Gasteiger partial charge is 0.349 e. The summed E-state index contributed by atoms with van der Waals surface area (Å²) in [5.41, 5.74) is 3.48. The Hall–Kier alpha value is -2.10. The molecule has 0 saturated heterocycles. The van der Waals surface area contributed by atoms with Crippen molar-refractivity contribution < 1.29 is 4.79 Å². The topological polar surface area (TPSA) is 46.9 Å². The number of amides is 1. The fraction of sp³-hybridized carbons (Fsp3) is 0.375. The van der Waals surface area contributed by atoms with Crippen molar-refractivity contribution in [1.82, 2.24) is 15.1 Å². The van der Waals surface area contributed by atoms with Crippen LogP contribution in [0.5, 0.6) is 0 Å². The lowest BCUT2D eigenvalue weighted by molar-refractivity contribution is -0.121. The van der Waals surface area contributed by atoms with Gasteiger partial charge in [0.2, 0.25) is 5.91 Å². The first-order valence-electron chi connectivity index (χ1n) is 7.08. The monoisotopic (exact) mass is 269 g/mol. The third-order valence-corrected chi connectivity index (χ3v) is 3.92. The predicted octanol–water partition coefficient (Wildman–Crippen LogP) is 2.16. The van der Waals surface area contributed by atoms with Crippen molar-refractivity contribution in [1.29, 1.82) is 0 Å². The first-order chi connectivity index (χ1) is 9.74. The minimum Gasteiger partial charge on any atom is -0.349 e. The summed E-state index contributed by atoms with van der Waals surface area (Å²) < 4.78 is 1.92. The van der Waals surface area contributed by atoms with Crippen LogP contribution < -0.4 is 5.32 Å². The van der Waals surface area contributed by atoms with Gasteiger partial charge < -0.3 is 5.32 Å². The summed E-state index contributed by atoms with van der Waals surface area (Å²) in [7, 11) is 1.97. The lowest BCUT2D eigenvalue weighted by Crippen LogP contribution is -2.32. The van der Waals surface area contributed by atoms with E-state index in [2.05, 4.69) is 10.4 Å². The predicted molar refractivity (Wildman–Crippen MR) is 77.2 cm³/mol. The van der Waals surface area contributed by atoms with Gasteiger partial charge >= 0.3 is 0 Å². The van der Waals surface area contributed by atoms with Gasteiger partial charge in [0.25, 0.3) is 0 Å². The Balaban J connectivity index is 1.68. The molecule has 20 heavy (non-hydrogen) atoms. The average Bonchev–Trinajstić information content (AvgIpc) is 2.83. The van der Waals surface area contributed by atoms with Gasteiger partial charge in [0.05, 0.1) is 18.7 Å². The maximum absolute atomic E-state index is 12.2. The standard InChI is InChI=1S/C16H19N3O/c1-19-15-9-5-8-14(13(15)11-17-19)18-16(20)10-12-6-3-2-4-7-12/h2-4,6-7,11,14H,5,8-10H2,1H3,(H,18,20). The summed E-state index contributed by atoms with van der Waals surface area (Å²) in [5.74, 6) is 0.0814. The van der Waals surface area contributed by atoms with Crippen LogP contribution in [-0.2, 0) is 24.7 Å². The van der Waals surface area contributed by atoms with Crippen molar-refractivity contribution in [2.45, 2.75) is 31.7 Å². The molecule has 1 aromatic heterocycles. The highest BCUT2D eigenvalue weighted by atomic mass is 16.1. The number of aromatic nitrogens is 2. The van der Waals surface area contributed by atoms with E-state index in [1.807, 2.05) is 48.3 Å². The number of nitrogens with zero attached hydrogens (tertiary/aromatic N) is 2. The van der Waals surface area contributed by atoms with E-state index in [9.17, 15) is 4.79 Å². The van der Waals surface area contributed by atoms with Crippen molar-refractivity contribution in [2.24, 2.45) is 7.05 Å². The summed E-state index contributed by atoms with van der Waals surface area (Å²) in [6.45, 7) is 0. The molecule has 4 heteroatoms. The van der Waals surface area contributed by atoms with Crippen molar-refractivity contribution in [3.63, 3.8) is 0 Å². The maximum Gasteiger partial charge on any atom is 0.224 e. The fourth-order valence-electron chi connectivity index (χ4n) is 2.88. The van der Waals surface area contributed by atoms with Crippen LogP contribution in [0.15, 0.2) is 36.5 Å². The summed E-state index contributed by atoms with van der Waals surface area (Å²) >= 11 is 0. The molecule has 2 aromatic rings. The number of carbonyl (C=O) groups is 1. The molecule has 104 valence electrons. The van der Waals surface area contributed by atoms with E-state index in [-0.39, 0.29) is 11.9 Å². The number of aryl methyl sites for hydroxylation is 1. The molecule has 4 nitrogen and oxygen atoms in total. The van der Waals surface area contributed by atoms with Crippen LogP contribution in [-0.4, -0.2) is 15.7 Å². The molecule has 1 aromatic carbocycles. The van der Waals surface area contributed by atoms with Crippen molar-refractivity contribution in [3.8, 4) is 0 Å². The third kappa shape index (κ3) is 2.59. The summed E-state index contributed by atoms with van der Waals surface area (Å²) in [6, 6.07) is 9.96. The van der Waals surface area contributed by atoms with Gasteiger partial charge in [-0.25, -0.2) is 0 Å². The molecule has 1 aliphatic carbocycles. The van der Waals surface area contributed by atoms with Crippen molar-refractivity contribution in [3.05, 3.63) is 53.3 Å². The highest BCUT2D eigenvalue weighted by molar-refractivity contribution is 5.79. The molecule has 1 amide bonds. The van der Waals surface area contributed by atoms with E-state index < -0.39 is 0 Å². The Kier molecular flexibility index (Phi) is 3.54. The van der Waals surface area contributed by atoms with Crippen LogP contribution >= 0.6 is 0 Å². The Morgan fingerprint density at radius 3 is 3.00 bits per heavy atom. The number of hydrogen-bond donors (Lipinski definition) is 1. The molecule has 3 rings (SSSR count). The second kappa shape index (κ2) is 5.49. The molecule has 1 atom stereocenters. The zero-order chi connectivity index (χ0) is 13.9. The number of carbonyl (C=O) groups excluding carboxylic acids is 1. The number of fused-ring (bicyclic) bond motifs is 1. The van der Waals surface area contributed by atoms with E-state index in [1.165, 1.54) is 11.3 Å². The first kappa shape index (κ1) is 12.9. The smallest absolute Gasteiger partial charge is 0.224 e. The maximum atomic E-state index is 12.2. The fourth-order valence-corrected chi connectivity index (χ4v) is 2.88. The zero-order valence-corrected chi connectivity index (χ0v) is 11.7. The van der Waals surface area contributed by atoms with Crippen molar-refractivity contribution in [2.75, 3.05) is 0 Å². The number of nitrogens with one attached hydrogen (secondary N) is 1. The highest BCUT2D eigenvalue weighted by Crippen LogP contribution is 2.29. The normalized spacial score (nSPS) is 17.6. The lowest BCUT2D eigenvalue weighted by Gasteiger charge is -2.23. The van der Waals surface area contributed by atoms with Gasteiger partial charge in [-0.15, -0.1) is 0 Å². The molecular weight excluding hydrogens is 250 g/mol. The second-order valence-electron chi connectivity index (χ2n) is 5.34. The van der Waals surface area contributed by atoms with Crippen LogP contribution in [0.25, 0.3) is 0 Å². The SMILES string of the molecule is Cn1ncc2c1CCCC2NC(=O)Cc1ccccc1. The molecule has 0 fully saturated rings. The Morgan fingerprint density at radius 2 is 2.20 bits per heavy atom. The average molecular weight is 269 g/mol. The molecular formula is C16H19N3O. The van der Waals surface area contributed by atoms with Crippen LogP contribution in [0.2, 0.25) is 0 Å². The van der Waals surface area contributed by atoms with Crippen LogP contribution in [0, 0.1) is 0 Å². The van der Waals surface area contributed by atoms with E-state index >= 15 is 0 Å². The summed E-state index contributed by atoms with van der Waals surface area (Å²) in [6.07, 6.45) is 5.48. The molecule has 1 aliphatic rings. The summed E-state index contributed by atoms with van der Waals surface area (Å²) in [5, 5.41) is 7.45. The van der Waals surface area contributed by atoms with E-state index in [0.717, 1.165) is 24.8 Å². The first-order valence-corrected chi connectivity index (χ1v) is 7.08. The van der Waals surface area contributed by atoms with Crippen LogP contribution in [0.1, 0.15) is 35.7 Å². The molecule has 0 saturated carbocycles. The molecule has 0 spiro atoms. The van der Waals surface area contributed by atoms with Crippen molar-refractivity contribution >= 4 is 5.91 Å². The molecule has 1 N–H and O–H groups in total. The minimum absolute atomic E-state index is 0.0814. The minimum atomic E-state index is 0.0814. The van der Waals surface area contributed by atoms with Gasteiger partial charge in [0.15, 0.2) is 0 Å². The van der Waals surface area contributed by atoms with Crippen LogP contribution in [0.4, 0.5) is 0 Å². The highest BCUT2D eigenvalue weighted by Gasteiger charge is 2.24. The molecule has 0 bridgehead atoms. The van der Waals surface area contributed by atoms with E-state index in [1.54, 1.807) is 0 Å². The zero-order valence-electron chi connectivity index (χ0n) is 11.7. The number of benzene rings is 1.